The van der Waals surface area contributed by atoms with E-state index in [1.165, 1.54) is 12.8 Å². The molecular weight excluding hydrogens is 146 g/mol. The summed E-state index contributed by atoms with van der Waals surface area (Å²) in [5, 5.41) is 3.64. The second kappa shape index (κ2) is 5.99. The number of nitrogens with one attached hydrogen (secondary N) is 1. The molecule has 0 amide bonds. The zero-order chi connectivity index (χ0) is 7.98. The van der Waals surface area contributed by atoms with Gasteiger partial charge < -0.3 is 5.32 Å². The van der Waals surface area contributed by atoms with Gasteiger partial charge in [-0.2, -0.15) is 0 Å². The lowest BCUT2D eigenvalue weighted by Crippen LogP contribution is -2.31. The number of hydrogen-bond donors (Lipinski definition) is 1. The third kappa shape index (κ3) is 5.07. The van der Waals surface area contributed by atoms with E-state index in [1.807, 2.05) is 6.92 Å². The molecule has 0 radical (unpaired) electrons. The maximum absolute atomic E-state index is 5.77. The zero-order valence-electron chi connectivity index (χ0n) is 7.15. The standard InChI is InChI=1S/C8H18ClN/c1-4-8(5-2)10-6-7(3)9/h7-8,10H,4-6H2,1-3H3. The van der Waals surface area contributed by atoms with E-state index in [1.54, 1.807) is 0 Å². The molecular formula is C8H18ClN. The maximum atomic E-state index is 5.77. The zero-order valence-corrected chi connectivity index (χ0v) is 7.91. The molecule has 1 atom stereocenters. The maximum Gasteiger partial charge on any atom is 0.0432 e. The van der Waals surface area contributed by atoms with Gasteiger partial charge in [0.25, 0.3) is 0 Å². The molecule has 0 aliphatic rings. The summed E-state index contributed by atoms with van der Waals surface area (Å²) in [5.74, 6) is 0. The lowest BCUT2D eigenvalue weighted by molar-refractivity contribution is 0.486. The Labute approximate surface area is 69.1 Å². The van der Waals surface area contributed by atoms with Gasteiger partial charge in [0.15, 0.2) is 0 Å². The highest BCUT2D eigenvalue weighted by molar-refractivity contribution is 6.20. The van der Waals surface area contributed by atoms with Gasteiger partial charge in [0.2, 0.25) is 0 Å². The molecule has 1 N–H and O–H groups in total. The highest BCUT2D eigenvalue weighted by atomic mass is 35.5. The fourth-order valence-corrected chi connectivity index (χ4v) is 0.995. The van der Waals surface area contributed by atoms with Crippen LogP contribution in [0, 0.1) is 0 Å². The Hall–Kier alpha value is 0.250. The van der Waals surface area contributed by atoms with Crippen molar-refractivity contribution in [2.24, 2.45) is 0 Å². The van der Waals surface area contributed by atoms with Crippen LogP contribution in [-0.4, -0.2) is 18.0 Å². The Balaban J connectivity index is 3.26. The molecule has 0 saturated heterocycles. The van der Waals surface area contributed by atoms with Gasteiger partial charge in [-0.15, -0.1) is 11.6 Å². The van der Waals surface area contributed by atoms with E-state index in [0.29, 0.717) is 6.04 Å². The van der Waals surface area contributed by atoms with E-state index in [2.05, 4.69) is 19.2 Å². The minimum absolute atomic E-state index is 0.251. The fraction of sp³-hybridized carbons (Fsp3) is 1.00. The van der Waals surface area contributed by atoms with Crippen molar-refractivity contribution >= 4 is 11.6 Å². The van der Waals surface area contributed by atoms with Crippen LogP contribution in [0.15, 0.2) is 0 Å². The topological polar surface area (TPSA) is 12.0 Å². The molecule has 0 rings (SSSR count). The molecule has 2 heteroatoms. The van der Waals surface area contributed by atoms with E-state index in [4.69, 9.17) is 11.6 Å². The van der Waals surface area contributed by atoms with Crippen molar-refractivity contribution in [1.82, 2.24) is 5.32 Å². The molecule has 0 bridgehead atoms. The van der Waals surface area contributed by atoms with Crippen LogP contribution < -0.4 is 5.32 Å². The SMILES string of the molecule is CCC(CC)NCC(C)Cl. The highest BCUT2D eigenvalue weighted by Crippen LogP contribution is 1.97. The summed E-state index contributed by atoms with van der Waals surface area (Å²) in [6.45, 7) is 7.32. The molecule has 62 valence electrons. The lowest BCUT2D eigenvalue weighted by atomic mass is 10.2. The molecule has 0 heterocycles. The first-order valence-corrected chi connectivity index (χ1v) is 4.51. The van der Waals surface area contributed by atoms with Gasteiger partial charge >= 0.3 is 0 Å². The predicted octanol–water partition coefficient (Wildman–Crippen LogP) is 2.39. The summed E-state index contributed by atoms with van der Waals surface area (Å²) >= 11 is 5.77. The minimum atomic E-state index is 0.251. The van der Waals surface area contributed by atoms with Crippen molar-refractivity contribution < 1.29 is 0 Å². The molecule has 0 fully saturated rings. The van der Waals surface area contributed by atoms with E-state index >= 15 is 0 Å². The van der Waals surface area contributed by atoms with Gasteiger partial charge in [-0.1, -0.05) is 13.8 Å². The van der Waals surface area contributed by atoms with Crippen molar-refractivity contribution in [2.75, 3.05) is 6.54 Å². The molecule has 0 spiro atoms. The van der Waals surface area contributed by atoms with Crippen molar-refractivity contribution in [1.29, 1.82) is 0 Å². The summed E-state index contributed by atoms with van der Waals surface area (Å²) in [7, 11) is 0. The van der Waals surface area contributed by atoms with Gasteiger partial charge in [0, 0.05) is 18.0 Å². The molecule has 0 saturated carbocycles. The van der Waals surface area contributed by atoms with Crippen LogP contribution in [0.2, 0.25) is 0 Å². The van der Waals surface area contributed by atoms with Gasteiger partial charge in [-0.3, -0.25) is 0 Å². The first-order chi connectivity index (χ1) is 4.70. The first kappa shape index (κ1) is 10.2. The molecule has 0 aliphatic carbocycles. The Morgan fingerprint density at radius 3 is 2.10 bits per heavy atom. The fourth-order valence-electron chi connectivity index (χ4n) is 0.906. The second-order valence-electron chi connectivity index (χ2n) is 2.70. The summed E-state index contributed by atoms with van der Waals surface area (Å²) in [6, 6.07) is 0.654. The number of halogens is 1. The average Bonchev–Trinajstić information content (AvgIpc) is 1.90. The van der Waals surface area contributed by atoms with Gasteiger partial charge in [0.05, 0.1) is 0 Å². The Bertz CT molecular complexity index is 69.7. The van der Waals surface area contributed by atoms with E-state index in [0.717, 1.165) is 6.54 Å². The van der Waals surface area contributed by atoms with Crippen LogP contribution in [0.3, 0.4) is 0 Å². The molecule has 10 heavy (non-hydrogen) atoms. The van der Waals surface area contributed by atoms with Crippen LogP contribution in [0.5, 0.6) is 0 Å². The van der Waals surface area contributed by atoms with Crippen molar-refractivity contribution in [3.05, 3.63) is 0 Å². The van der Waals surface area contributed by atoms with Crippen LogP contribution in [0.1, 0.15) is 33.6 Å². The highest BCUT2D eigenvalue weighted by Gasteiger charge is 2.02. The van der Waals surface area contributed by atoms with Crippen LogP contribution >= 0.6 is 11.6 Å². The summed E-state index contributed by atoms with van der Waals surface area (Å²) in [5.41, 5.74) is 0. The molecule has 1 nitrogen and oxygen atoms in total. The summed E-state index contributed by atoms with van der Waals surface area (Å²) in [4.78, 5) is 0. The number of alkyl halides is 1. The minimum Gasteiger partial charge on any atom is -0.313 e. The van der Waals surface area contributed by atoms with Crippen molar-refractivity contribution in [2.45, 2.75) is 45.0 Å². The number of hydrogen-bond acceptors (Lipinski definition) is 1. The lowest BCUT2D eigenvalue weighted by Gasteiger charge is -2.14. The predicted molar refractivity (Wildman–Crippen MR) is 47.7 cm³/mol. The van der Waals surface area contributed by atoms with E-state index in [9.17, 15) is 0 Å². The monoisotopic (exact) mass is 163 g/mol. The van der Waals surface area contributed by atoms with Crippen LogP contribution in [-0.2, 0) is 0 Å². The van der Waals surface area contributed by atoms with E-state index < -0.39 is 0 Å². The third-order valence-corrected chi connectivity index (χ3v) is 1.83. The van der Waals surface area contributed by atoms with Crippen molar-refractivity contribution in [3.8, 4) is 0 Å². The Kier molecular flexibility index (Phi) is 6.14. The molecule has 0 aromatic heterocycles. The van der Waals surface area contributed by atoms with Gasteiger partial charge in [0.1, 0.15) is 0 Å². The van der Waals surface area contributed by atoms with Crippen LogP contribution in [0.4, 0.5) is 0 Å². The number of rotatable bonds is 5. The van der Waals surface area contributed by atoms with E-state index in [-0.39, 0.29) is 5.38 Å². The Morgan fingerprint density at radius 1 is 1.30 bits per heavy atom. The quantitative estimate of drug-likeness (QED) is 0.614. The summed E-state index contributed by atoms with van der Waals surface area (Å²) < 4.78 is 0. The van der Waals surface area contributed by atoms with Crippen molar-refractivity contribution in [3.63, 3.8) is 0 Å². The molecule has 0 aromatic carbocycles. The van der Waals surface area contributed by atoms with Gasteiger partial charge in [-0.05, 0) is 19.8 Å². The largest absolute Gasteiger partial charge is 0.313 e. The summed E-state index contributed by atoms with van der Waals surface area (Å²) in [6.07, 6.45) is 2.39. The van der Waals surface area contributed by atoms with Gasteiger partial charge in [-0.25, -0.2) is 0 Å². The molecule has 0 aliphatic heterocycles. The molecule has 1 unspecified atom stereocenters. The smallest absolute Gasteiger partial charge is 0.0432 e. The second-order valence-corrected chi connectivity index (χ2v) is 3.45. The third-order valence-electron chi connectivity index (χ3n) is 1.67. The first-order valence-electron chi connectivity index (χ1n) is 4.08. The Morgan fingerprint density at radius 2 is 1.80 bits per heavy atom. The molecule has 0 aromatic rings. The average molecular weight is 164 g/mol. The van der Waals surface area contributed by atoms with Crippen LogP contribution in [0.25, 0.3) is 0 Å². The normalized spacial score (nSPS) is 14.1.